The van der Waals surface area contributed by atoms with Gasteiger partial charge in [-0.2, -0.15) is 0 Å². The van der Waals surface area contributed by atoms with Crippen LogP contribution >= 0.6 is 0 Å². The van der Waals surface area contributed by atoms with Crippen LogP contribution in [0.25, 0.3) is 0 Å². The van der Waals surface area contributed by atoms with Crippen molar-refractivity contribution in [3.8, 4) is 0 Å². The molecule has 0 amide bonds. The average Bonchev–Trinajstić information content (AvgIpc) is 2.34. The maximum absolute atomic E-state index is 9.25. The highest BCUT2D eigenvalue weighted by molar-refractivity contribution is 6.63. The van der Waals surface area contributed by atoms with E-state index in [0.29, 0.717) is 6.04 Å². The Labute approximate surface area is 121 Å². The van der Waals surface area contributed by atoms with Crippen molar-refractivity contribution in [1.82, 2.24) is 5.32 Å². The second-order valence-corrected chi connectivity index (χ2v) is 8.83. The highest BCUT2D eigenvalue weighted by Crippen LogP contribution is 2.10. The van der Waals surface area contributed by atoms with E-state index in [4.69, 9.17) is 0 Å². The Hall–Kier alpha value is 0.0969. The van der Waals surface area contributed by atoms with E-state index in [1.54, 1.807) is 6.55 Å². The molecule has 19 heavy (non-hydrogen) atoms. The van der Waals surface area contributed by atoms with Gasteiger partial charge in [0, 0.05) is 6.04 Å². The number of rotatable bonds is 14. The zero-order chi connectivity index (χ0) is 14.4. The lowest BCUT2D eigenvalue weighted by Crippen LogP contribution is -2.34. The Morgan fingerprint density at radius 1 is 0.737 bits per heavy atom. The number of hydrogen-bond acceptors (Lipinski definition) is 3. The molecule has 0 aromatic heterocycles. The van der Waals surface area contributed by atoms with Crippen molar-refractivity contribution in [2.45, 2.75) is 83.7 Å². The number of nitrogens with one attached hydrogen (secondary N) is 1. The second kappa shape index (κ2) is 13.1. The van der Waals surface area contributed by atoms with Gasteiger partial charge in [0.1, 0.15) is 0 Å². The third-order valence-electron chi connectivity index (χ3n) is 3.48. The summed E-state index contributed by atoms with van der Waals surface area (Å²) in [5.41, 5.74) is 0. The molecule has 0 saturated heterocycles. The van der Waals surface area contributed by atoms with Gasteiger partial charge in [-0.1, -0.05) is 64.7 Å². The molecule has 0 spiro atoms. The van der Waals surface area contributed by atoms with Crippen LogP contribution in [0.3, 0.4) is 0 Å². The summed E-state index contributed by atoms with van der Waals surface area (Å²) in [6.07, 6.45) is 13.6. The van der Waals surface area contributed by atoms with Crippen LogP contribution in [0.1, 0.15) is 71.1 Å². The van der Waals surface area contributed by atoms with Crippen LogP contribution < -0.4 is 5.32 Å². The van der Waals surface area contributed by atoms with Crippen molar-refractivity contribution >= 4 is 8.56 Å². The van der Waals surface area contributed by atoms with Gasteiger partial charge >= 0.3 is 8.56 Å². The van der Waals surface area contributed by atoms with Gasteiger partial charge in [0.25, 0.3) is 0 Å². The van der Waals surface area contributed by atoms with Gasteiger partial charge in [-0.15, -0.1) is 0 Å². The molecule has 3 nitrogen and oxygen atoms in total. The van der Waals surface area contributed by atoms with Crippen molar-refractivity contribution in [3.05, 3.63) is 0 Å². The molecule has 0 aromatic carbocycles. The van der Waals surface area contributed by atoms with Gasteiger partial charge in [-0.05, 0) is 26.1 Å². The maximum Gasteiger partial charge on any atom is 0.330 e. The van der Waals surface area contributed by atoms with Gasteiger partial charge in [-0.25, -0.2) is 0 Å². The minimum Gasteiger partial charge on any atom is -0.411 e. The van der Waals surface area contributed by atoms with E-state index in [0.717, 1.165) is 13.1 Å². The summed E-state index contributed by atoms with van der Waals surface area (Å²) in [4.78, 5) is 18.5. The predicted octanol–water partition coefficient (Wildman–Crippen LogP) is 3.55. The SMILES string of the molecule is CCCCCCCCCCCCNCC[Si](C)(O)O. The molecule has 0 atom stereocenters. The molecule has 0 aliphatic carbocycles. The highest BCUT2D eigenvalue weighted by Gasteiger charge is 2.19. The summed E-state index contributed by atoms with van der Waals surface area (Å²) in [5.74, 6) is 0. The normalized spacial score (nSPS) is 12.0. The Bertz CT molecular complexity index is 183. The van der Waals surface area contributed by atoms with E-state index in [1.165, 1.54) is 64.2 Å². The van der Waals surface area contributed by atoms with Crippen molar-refractivity contribution < 1.29 is 9.59 Å². The molecule has 0 aliphatic rings. The van der Waals surface area contributed by atoms with Crippen molar-refractivity contribution in [2.75, 3.05) is 13.1 Å². The van der Waals surface area contributed by atoms with Crippen molar-refractivity contribution in [2.24, 2.45) is 0 Å². The first-order chi connectivity index (χ1) is 9.06. The molecular weight excluding hydrogens is 254 g/mol. The topological polar surface area (TPSA) is 52.5 Å². The first-order valence-corrected chi connectivity index (χ1v) is 10.8. The third kappa shape index (κ3) is 18.1. The lowest BCUT2D eigenvalue weighted by molar-refractivity contribution is 0.367. The molecule has 0 heterocycles. The molecule has 0 radical (unpaired) electrons. The largest absolute Gasteiger partial charge is 0.411 e. The van der Waals surface area contributed by atoms with Crippen molar-refractivity contribution in [3.63, 3.8) is 0 Å². The van der Waals surface area contributed by atoms with Gasteiger partial charge in [-0.3, -0.25) is 0 Å². The molecule has 0 aliphatic heterocycles. The van der Waals surface area contributed by atoms with E-state index >= 15 is 0 Å². The minimum atomic E-state index is -2.82. The first-order valence-electron chi connectivity index (χ1n) is 8.21. The summed E-state index contributed by atoms with van der Waals surface area (Å²) in [7, 11) is -2.82. The van der Waals surface area contributed by atoms with Gasteiger partial charge in [0.15, 0.2) is 0 Å². The lowest BCUT2D eigenvalue weighted by atomic mass is 10.1. The average molecular weight is 290 g/mol. The van der Waals surface area contributed by atoms with Gasteiger partial charge in [0.2, 0.25) is 0 Å². The van der Waals surface area contributed by atoms with Crippen LogP contribution in [0.2, 0.25) is 12.6 Å². The predicted molar refractivity (Wildman–Crippen MR) is 85.6 cm³/mol. The fourth-order valence-corrected chi connectivity index (χ4v) is 2.84. The van der Waals surface area contributed by atoms with E-state index in [-0.39, 0.29) is 0 Å². The third-order valence-corrected chi connectivity index (χ3v) is 4.68. The van der Waals surface area contributed by atoms with Crippen LogP contribution in [0.4, 0.5) is 0 Å². The molecular formula is C15H35NO2Si. The van der Waals surface area contributed by atoms with E-state index < -0.39 is 8.56 Å². The Morgan fingerprint density at radius 2 is 1.21 bits per heavy atom. The molecule has 3 N–H and O–H groups in total. The standard InChI is InChI=1S/C15H35NO2Si/c1-3-4-5-6-7-8-9-10-11-12-13-16-14-15-19(2,17)18/h16-18H,3-15H2,1-2H3. The van der Waals surface area contributed by atoms with Crippen LogP contribution in [0.15, 0.2) is 0 Å². The van der Waals surface area contributed by atoms with Crippen LogP contribution in [-0.2, 0) is 0 Å². The van der Waals surface area contributed by atoms with Gasteiger partial charge in [0.05, 0.1) is 0 Å². The van der Waals surface area contributed by atoms with E-state index in [2.05, 4.69) is 12.2 Å². The van der Waals surface area contributed by atoms with E-state index in [1.807, 2.05) is 0 Å². The summed E-state index contributed by atoms with van der Waals surface area (Å²) in [6.45, 7) is 5.58. The van der Waals surface area contributed by atoms with Crippen LogP contribution in [0.5, 0.6) is 0 Å². The summed E-state index contributed by atoms with van der Waals surface area (Å²) in [5, 5.41) is 3.28. The quantitative estimate of drug-likeness (QED) is 0.338. The summed E-state index contributed by atoms with van der Waals surface area (Å²) < 4.78 is 0. The van der Waals surface area contributed by atoms with E-state index in [9.17, 15) is 9.59 Å². The Kier molecular flexibility index (Phi) is 13.2. The molecule has 0 fully saturated rings. The molecule has 0 aromatic rings. The Morgan fingerprint density at radius 3 is 1.68 bits per heavy atom. The summed E-state index contributed by atoms with van der Waals surface area (Å²) >= 11 is 0. The molecule has 0 bridgehead atoms. The highest BCUT2D eigenvalue weighted by atomic mass is 28.4. The zero-order valence-electron chi connectivity index (χ0n) is 13.1. The monoisotopic (exact) mass is 289 g/mol. The fraction of sp³-hybridized carbons (Fsp3) is 1.00. The first kappa shape index (κ1) is 19.1. The minimum absolute atomic E-state index is 0.532. The fourth-order valence-electron chi connectivity index (χ4n) is 2.19. The molecule has 116 valence electrons. The zero-order valence-corrected chi connectivity index (χ0v) is 14.1. The summed E-state index contributed by atoms with van der Waals surface area (Å²) in [6, 6.07) is 0.532. The molecule has 0 unspecified atom stereocenters. The number of hydrogen-bond donors (Lipinski definition) is 3. The molecule has 4 heteroatoms. The number of unbranched alkanes of at least 4 members (excludes halogenated alkanes) is 9. The van der Waals surface area contributed by atoms with Gasteiger partial charge < -0.3 is 14.9 Å². The molecule has 0 rings (SSSR count). The molecule has 0 saturated carbocycles. The second-order valence-electron chi connectivity index (χ2n) is 5.90. The Balaban J connectivity index is 2.99. The lowest BCUT2D eigenvalue weighted by Gasteiger charge is -2.11. The van der Waals surface area contributed by atoms with Crippen LogP contribution in [0, 0.1) is 0 Å². The maximum atomic E-state index is 9.25. The smallest absolute Gasteiger partial charge is 0.330 e. The van der Waals surface area contributed by atoms with Crippen LogP contribution in [-0.4, -0.2) is 31.2 Å². The van der Waals surface area contributed by atoms with Crippen molar-refractivity contribution in [1.29, 1.82) is 0 Å².